The normalized spacial score (nSPS) is 8.00. The molecule has 0 atom stereocenters. The Labute approximate surface area is 67.2 Å². The third-order valence-electron chi connectivity index (χ3n) is 0.333. The molecular formula is C3H6CaO2. The molecule has 0 unspecified atom stereocenters. The fourth-order valence-electron chi connectivity index (χ4n) is 0. The van der Waals surface area contributed by atoms with Crippen LogP contribution in [0.2, 0.25) is 0 Å². The van der Waals surface area contributed by atoms with Crippen molar-refractivity contribution < 1.29 is 10.2 Å². The molecule has 0 aliphatic rings. The molecule has 0 amide bonds. The molecule has 0 aromatic rings. The summed E-state index contributed by atoms with van der Waals surface area (Å²) in [5, 5.41) is 18.7. The Morgan fingerprint density at radius 1 is 1.50 bits per heavy atom. The van der Waals surface area contributed by atoms with Gasteiger partial charge in [-0.2, -0.15) is 0 Å². The Bertz CT molecular complexity index is 22.8. The van der Waals surface area contributed by atoms with Gasteiger partial charge in [-0.25, -0.2) is 6.29 Å². The molecule has 0 N–H and O–H groups in total. The van der Waals surface area contributed by atoms with E-state index in [2.05, 4.69) is 0 Å². The van der Waals surface area contributed by atoms with E-state index in [-0.39, 0.29) is 44.2 Å². The Kier molecular flexibility index (Phi) is 10.5. The molecule has 6 heavy (non-hydrogen) atoms. The van der Waals surface area contributed by atoms with Gasteiger partial charge in [0.05, 0.1) is 0 Å². The third-order valence-corrected chi connectivity index (χ3v) is 0.333. The summed E-state index contributed by atoms with van der Waals surface area (Å²) >= 11 is 0. The van der Waals surface area contributed by atoms with Crippen molar-refractivity contribution in [1.29, 1.82) is 0 Å². The van der Waals surface area contributed by atoms with Crippen molar-refractivity contribution in [2.24, 2.45) is 0 Å². The van der Waals surface area contributed by atoms with E-state index < -0.39 is 6.29 Å². The van der Waals surface area contributed by atoms with Gasteiger partial charge < -0.3 is 10.2 Å². The van der Waals surface area contributed by atoms with E-state index >= 15 is 0 Å². The van der Waals surface area contributed by atoms with Crippen molar-refractivity contribution in [3.63, 3.8) is 0 Å². The van der Waals surface area contributed by atoms with Crippen LogP contribution < -0.4 is 10.2 Å². The predicted octanol–water partition coefficient (Wildman–Crippen LogP) is -1.94. The smallest absolute Gasteiger partial charge is 0.865 e. The largest absolute Gasteiger partial charge is 2.00 e. The van der Waals surface area contributed by atoms with Crippen LogP contribution in [-0.4, -0.2) is 44.0 Å². The van der Waals surface area contributed by atoms with Crippen LogP contribution in [0, 0.1) is 0 Å². The molecule has 0 fully saturated rings. The average Bonchev–Trinajstić information content (AvgIpc) is 1.38. The molecule has 0 spiro atoms. The second-order valence-electron chi connectivity index (χ2n) is 0.838. The standard InChI is InChI=1S/C3H6O2.Ca/c1-2-3(4)5;/h3H,2H2,1H3;/q-2;+2. The molecule has 0 rings (SSSR count). The van der Waals surface area contributed by atoms with Gasteiger partial charge in [0.1, 0.15) is 0 Å². The van der Waals surface area contributed by atoms with E-state index in [0.717, 1.165) is 0 Å². The van der Waals surface area contributed by atoms with Crippen LogP contribution in [0.15, 0.2) is 0 Å². The first-order valence-corrected chi connectivity index (χ1v) is 1.59. The number of rotatable bonds is 1. The minimum Gasteiger partial charge on any atom is -0.865 e. The summed E-state index contributed by atoms with van der Waals surface area (Å²) in [5.41, 5.74) is 0. The summed E-state index contributed by atoms with van der Waals surface area (Å²) in [7, 11) is 0. The quantitative estimate of drug-likeness (QED) is 0.294. The van der Waals surface area contributed by atoms with Crippen molar-refractivity contribution >= 4 is 37.7 Å². The Morgan fingerprint density at radius 2 is 1.67 bits per heavy atom. The summed E-state index contributed by atoms with van der Waals surface area (Å²) in [4.78, 5) is 0. The van der Waals surface area contributed by atoms with Crippen LogP contribution in [0.4, 0.5) is 0 Å². The van der Waals surface area contributed by atoms with Crippen molar-refractivity contribution in [3.8, 4) is 0 Å². The summed E-state index contributed by atoms with van der Waals surface area (Å²) in [6, 6.07) is 0. The van der Waals surface area contributed by atoms with Crippen LogP contribution in [0.5, 0.6) is 0 Å². The topological polar surface area (TPSA) is 46.1 Å². The van der Waals surface area contributed by atoms with E-state index in [4.69, 9.17) is 0 Å². The Balaban J connectivity index is 0. The second kappa shape index (κ2) is 6.18. The zero-order valence-corrected chi connectivity index (χ0v) is 6.02. The van der Waals surface area contributed by atoms with Gasteiger partial charge >= 0.3 is 37.7 Å². The van der Waals surface area contributed by atoms with E-state index in [0.29, 0.717) is 0 Å². The van der Waals surface area contributed by atoms with Crippen molar-refractivity contribution in [3.05, 3.63) is 0 Å². The molecule has 0 aliphatic heterocycles. The van der Waals surface area contributed by atoms with Gasteiger partial charge in [-0.15, -0.1) is 0 Å². The molecule has 0 bridgehead atoms. The number of hydrogen-bond donors (Lipinski definition) is 0. The fourth-order valence-corrected chi connectivity index (χ4v) is 0. The first kappa shape index (κ1) is 10.2. The predicted molar refractivity (Wildman–Crippen MR) is 19.8 cm³/mol. The summed E-state index contributed by atoms with van der Waals surface area (Å²) < 4.78 is 0. The van der Waals surface area contributed by atoms with Crippen LogP contribution in [0.3, 0.4) is 0 Å². The van der Waals surface area contributed by atoms with Gasteiger partial charge in [0.2, 0.25) is 0 Å². The molecule has 0 heterocycles. The maximum absolute atomic E-state index is 9.34. The van der Waals surface area contributed by atoms with Gasteiger partial charge in [-0.3, -0.25) is 0 Å². The molecule has 32 valence electrons. The molecule has 3 heteroatoms. The molecular weight excluding hydrogens is 108 g/mol. The van der Waals surface area contributed by atoms with Crippen LogP contribution >= 0.6 is 0 Å². The van der Waals surface area contributed by atoms with Gasteiger partial charge in [0.25, 0.3) is 0 Å². The number of hydrogen-bond acceptors (Lipinski definition) is 2. The zero-order chi connectivity index (χ0) is 4.28. The van der Waals surface area contributed by atoms with Gasteiger partial charge in [0.15, 0.2) is 0 Å². The molecule has 0 radical (unpaired) electrons. The van der Waals surface area contributed by atoms with E-state index in [1.807, 2.05) is 0 Å². The van der Waals surface area contributed by atoms with Crippen LogP contribution in [0.1, 0.15) is 13.3 Å². The Hall–Kier alpha value is 1.18. The van der Waals surface area contributed by atoms with Gasteiger partial charge in [0, 0.05) is 0 Å². The average molecular weight is 114 g/mol. The zero-order valence-electron chi connectivity index (χ0n) is 3.81. The Morgan fingerprint density at radius 3 is 1.67 bits per heavy atom. The van der Waals surface area contributed by atoms with Crippen molar-refractivity contribution in [2.45, 2.75) is 19.6 Å². The van der Waals surface area contributed by atoms with Crippen LogP contribution in [0.25, 0.3) is 0 Å². The van der Waals surface area contributed by atoms with E-state index in [1.54, 1.807) is 6.92 Å². The summed E-state index contributed by atoms with van der Waals surface area (Å²) in [6.45, 7) is 1.57. The second-order valence-corrected chi connectivity index (χ2v) is 0.838. The monoisotopic (exact) mass is 114 g/mol. The van der Waals surface area contributed by atoms with E-state index in [9.17, 15) is 10.2 Å². The third kappa shape index (κ3) is 8.95. The summed E-state index contributed by atoms with van der Waals surface area (Å²) in [6.07, 6.45) is -1.42. The SMILES string of the molecule is CCC([O-])[O-].[Ca+2]. The maximum atomic E-state index is 9.34. The van der Waals surface area contributed by atoms with Gasteiger partial charge in [-0.05, 0) is 0 Å². The molecule has 0 saturated heterocycles. The molecule has 0 aromatic carbocycles. The minimum absolute atomic E-state index is 0. The fraction of sp³-hybridized carbons (Fsp3) is 1.00. The molecule has 0 aliphatic carbocycles. The van der Waals surface area contributed by atoms with Crippen LogP contribution in [-0.2, 0) is 0 Å². The molecule has 0 aromatic heterocycles. The first-order chi connectivity index (χ1) is 2.27. The molecule has 0 saturated carbocycles. The first-order valence-electron chi connectivity index (χ1n) is 1.59. The summed E-state index contributed by atoms with van der Waals surface area (Å²) in [5.74, 6) is 0. The maximum Gasteiger partial charge on any atom is 2.00 e. The van der Waals surface area contributed by atoms with Crippen molar-refractivity contribution in [2.75, 3.05) is 0 Å². The van der Waals surface area contributed by atoms with E-state index in [1.165, 1.54) is 0 Å². The van der Waals surface area contributed by atoms with Crippen molar-refractivity contribution in [1.82, 2.24) is 0 Å². The molecule has 2 nitrogen and oxygen atoms in total. The van der Waals surface area contributed by atoms with Gasteiger partial charge in [-0.1, -0.05) is 13.3 Å². The minimum atomic E-state index is -1.62.